The van der Waals surface area contributed by atoms with E-state index in [-0.39, 0.29) is 11.9 Å². The van der Waals surface area contributed by atoms with E-state index < -0.39 is 0 Å². The zero-order chi connectivity index (χ0) is 14.0. The van der Waals surface area contributed by atoms with Crippen LogP contribution in [-0.4, -0.2) is 16.9 Å². The van der Waals surface area contributed by atoms with Crippen molar-refractivity contribution in [3.05, 3.63) is 28.5 Å². The van der Waals surface area contributed by atoms with Crippen molar-refractivity contribution in [2.45, 2.75) is 46.1 Å². The molecule has 1 aliphatic rings. The smallest absolute Gasteiger partial charge is 0.253 e. The van der Waals surface area contributed by atoms with Crippen LogP contribution in [0.5, 0.6) is 0 Å². The number of carbonyl (C=O) groups is 1. The van der Waals surface area contributed by atoms with Gasteiger partial charge in [-0.15, -0.1) is 0 Å². The Bertz CT molecular complexity index is 473. The van der Waals surface area contributed by atoms with Crippen LogP contribution in [0.4, 0.5) is 0 Å². The van der Waals surface area contributed by atoms with E-state index >= 15 is 0 Å². The molecule has 1 aromatic rings. The number of carbonyl (C=O) groups excluding carboxylic acids is 1. The molecule has 0 spiro atoms. The number of hydrogen-bond donors (Lipinski definition) is 1. The Morgan fingerprint density at radius 3 is 2.79 bits per heavy atom. The summed E-state index contributed by atoms with van der Waals surface area (Å²) < 4.78 is 0.831. The molecule has 2 rings (SSSR count). The van der Waals surface area contributed by atoms with Gasteiger partial charge in [0, 0.05) is 22.9 Å². The maximum Gasteiger partial charge on any atom is 0.253 e. The van der Waals surface area contributed by atoms with Crippen LogP contribution in [0, 0.1) is 11.3 Å². The van der Waals surface area contributed by atoms with E-state index in [1.54, 1.807) is 18.5 Å². The molecule has 1 N–H and O–H groups in total. The van der Waals surface area contributed by atoms with E-state index in [4.69, 9.17) is 0 Å². The molecular weight excluding hydrogens is 304 g/mol. The van der Waals surface area contributed by atoms with Crippen molar-refractivity contribution in [2.24, 2.45) is 11.3 Å². The van der Waals surface area contributed by atoms with Gasteiger partial charge < -0.3 is 5.32 Å². The van der Waals surface area contributed by atoms with Crippen LogP contribution in [0.2, 0.25) is 0 Å². The Kier molecular flexibility index (Phi) is 4.29. The van der Waals surface area contributed by atoms with Crippen LogP contribution in [0.25, 0.3) is 0 Å². The lowest BCUT2D eigenvalue weighted by Gasteiger charge is -2.39. The molecule has 1 fully saturated rings. The second-order valence-corrected chi connectivity index (χ2v) is 7.39. The highest BCUT2D eigenvalue weighted by Crippen LogP contribution is 2.38. The van der Waals surface area contributed by atoms with E-state index in [0.717, 1.165) is 17.3 Å². The van der Waals surface area contributed by atoms with Gasteiger partial charge in [-0.25, -0.2) is 0 Å². The molecule has 1 aromatic heterocycles. The number of halogens is 1. The molecule has 0 aromatic carbocycles. The molecule has 0 unspecified atom stereocenters. The van der Waals surface area contributed by atoms with Crippen molar-refractivity contribution in [1.29, 1.82) is 0 Å². The number of amides is 1. The number of hydrogen-bond acceptors (Lipinski definition) is 2. The summed E-state index contributed by atoms with van der Waals surface area (Å²) in [6.07, 6.45) is 6.64. The lowest BCUT2D eigenvalue weighted by Crippen LogP contribution is -2.43. The van der Waals surface area contributed by atoms with E-state index in [1.165, 1.54) is 6.42 Å². The molecule has 0 radical (unpaired) electrons. The molecule has 0 bridgehead atoms. The van der Waals surface area contributed by atoms with Gasteiger partial charge in [0.1, 0.15) is 0 Å². The second kappa shape index (κ2) is 5.61. The van der Waals surface area contributed by atoms with Crippen molar-refractivity contribution in [2.75, 3.05) is 0 Å². The Morgan fingerprint density at radius 1 is 1.42 bits per heavy atom. The van der Waals surface area contributed by atoms with Gasteiger partial charge in [0.15, 0.2) is 0 Å². The maximum atomic E-state index is 12.2. The average molecular weight is 325 g/mol. The van der Waals surface area contributed by atoms with Crippen molar-refractivity contribution >= 4 is 21.8 Å². The number of nitrogens with zero attached hydrogens (tertiary/aromatic N) is 1. The summed E-state index contributed by atoms with van der Waals surface area (Å²) in [4.78, 5) is 16.2. The fourth-order valence-electron chi connectivity index (χ4n) is 3.26. The SMILES string of the molecule is C[C@H]1C[C@@H](NC(=O)c2cncc(Br)c2)CC(C)(C)C1. The van der Waals surface area contributed by atoms with E-state index in [2.05, 4.69) is 47.0 Å². The van der Waals surface area contributed by atoms with Gasteiger partial charge in [-0.2, -0.15) is 0 Å². The van der Waals surface area contributed by atoms with Crippen LogP contribution < -0.4 is 5.32 Å². The normalized spacial score (nSPS) is 25.9. The third-order valence-corrected chi connectivity index (χ3v) is 4.12. The first-order chi connectivity index (χ1) is 8.85. The predicted octanol–water partition coefficient (Wildman–Crippen LogP) is 3.79. The van der Waals surface area contributed by atoms with Gasteiger partial charge >= 0.3 is 0 Å². The van der Waals surface area contributed by atoms with Crippen LogP contribution >= 0.6 is 15.9 Å². The van der Waals surface area contributed by atoms with E-state index in [0.29, 0.717) is 16.9 Å². The summed E-state index contributed by atoms with van der Waals surface area (Å²) >= 11 is 3.34. The van der Waals surface area contributed by atoms with Crippen LogP contribution in [0.15, 0.2) is 22.9 Å². The lowest BCUT2D eigenvalue weighted by molar-refractivity contribution is 0.0874. The monoisotopic (exact) mass is 324 g/mol. The molecule has 104 valence electrons. The minimum absolute atomic E-state index is 0.0244. The highest BCUT2D eigenvalue weighted by Gasteiger charge is 2.32. The Labute approximate surface area is 123 Å². The Balaban J connectivity index is 2.03. The average Bonchev–Trinajstić information content (AvgIpc) is 2.25. The van der Waals surface area contributed by atoms with Crippen molar-refractivity contribution in [3.8, 4) is 0 Å². The zero-order valence-electron chi connectivity index (χ0n) is 11.7. The molecule has 19 heavy (non-hydrogen) atoms. The molecule has 1 saturated carbocycles. The highest BCUT2D eigenvalue weighted by molar-refractivity contribution is 9.10. The van der Waals surface area contributed by atoms with Crippen molar-refractivity contribution in [1.82, 2.24) is 10.3 Å². The molecular formula is C15H21BrN2O. The van der Waals surface area contributed by atoms with Gasteiger partial charge in [-0.05, 0) is 52.6 Å². The topological polar surface area (TPSA) is 42.0 Å². The number of aromatic nitrogens is 1. The molecule has 0 saturated heterocycles. The van der Waals surface area contributed by atoms with Crippen LogP contribution in [0.3, 0.4) is 0 Å². The van der Waals surface area contributed by atoms with E-state index in [1.807, 2.05) is 0 Å². The third kappa shape index (κ3) is 4.03. The molecule has 2 atom stereocenters. The molecule has 0 aliphatic heterocycles. The second-order valence-electron chi connectivity index (χ2n) is 6.48. The van der Waals surface area contributed by atoms with Gasteiger partial charge in [-0.1, -0.05) is 20.8 Å². The summed E-state index contributed by atoms with van der Waals surface area (Å²) in [6, 6.07) is 2.07. The molecule has 1 amide bonds. The number of pyridine rings is 1. The van der Waals surface area contributed by atoms with Gasteiger partial charge in [-0.3, -0.25) is 9.78 Å². The van der Waals surface area contributed by atoms with Gasteiger partial charge in [0.2, 0.25) is 0 Å². The Morgan fingerprint density at radius 2 is 2.16 bits per heavy atom. The van der Waals surface area contributed by atoms with Crippen molar-refractivity contribution < 1.29 is 4.79 Å². The summed E-state index contributed by atoms with van der Waals surface area (Å²) in [6.45, 7) is 6.83. The minimum atomic E-state index is -0.0244. The number of nitrogens with one attached hydrogen (secondary N) is 1. The lowest BCUT2D eigenvalue weighted by atomic mass is 9.70. The van der Waals surface area contributed by atoms with Gasteiger partial charge in [0.25, 0.3) is 5.91 Å². The van der Waals surface area contributed by atoms with Gasteiger partial charge in [0.05, 0.1) is 5.56 Å². The molecule has 4 heteroatoms. The van der Waals surface area contributed by atoms with Crippen molar-refractivity contribution in [3.63, 3.8) is 0 Å². The first-order valence-electron chi connectivity index (χ1n) is 6.77. The Hall–Kier alpha value is -0.900. The van der Waals surface area contributed by atoms with E-state index in [9.17, 15) is 4.79 Å². The summed E-state index contributed by atoms with van der Waals surface area (Å²) in [5, 5.41) is 3.15. The molecule has 1 aliphatic carbocycles. The summed E-state index contributed by atoms with van der Waals surface area (Å²) in [5.74, 6) is 0.637. The molecule has 1 heterocycles. The molecule has 3 nitrogen and oxygen atoms in total. The largest absolute Gasteiger partial charge is 0.349 e. The first kappa shape index (κ1) is 14.5. The summed E-state index contributed by atoms with van der Waals surface area (Å²) in [5.41, 5.74) is 0.927. The summed E-state index contributed by atoms with van der Waals surface area (Å²) in [7, 11) is 0. The first-order valence-corrected chi connectivity index (χ1v) is 7.56. The van der Waals surface area contributed by atoms with Crippen LogP contribution in [-0.2, 0) is 0 Å². The minimum Gasteiger partial charge on any atom is -0.349 e. The fraction of sp³-hybridized carbons (Fsp3) is 0.600. The predicted molar refractivity (Wildman–Crippen MR) is 80.0 cm³/mol. The highest BCUT2D eigenvalue weighted by atomic mass is 79.9. The number of rotatable bonds is 2. The standard InChI is InChI=1S/C15H21BrN2O/c1-10-4-13(7-15(2,3)6-10)18-14(19)11-5-12(16)9-17-8-11/h5,8-10,13H,4,6-7H2,1-3H3,(H,18,19)/t10-,13+/m0/s1. The fourth-order valence-corrected chi connectivity index (χ4v) is 3.63. The maximum absolute atomic E-state index is 12.2. The zero-order valence-corrected chi connectivity index (χ0v) is 13.3. The van der Waals surface area contributed by atoms with Crippen LogP contribution in [0.1, 0.15) is 50.4 Å². The quantitative estimate of drug-likeness (QED) is 0.899. The third-order valence-electron chi connectivity index (χ3n) is 3.69.